The molecule has 0 saturated heterocycles. The van der Waals surface area contributed by atoms with Gasteiger partial charge in [0, 0.05) is 29.6 Å². The van der Waals surface area contributed by atoms with Gasteiger partial charge in [-0.1, -0.05) is 35.9 Å². The molecule has 1 amide bonds. The Kier molecular flexibility index (Phi) is 7.83. The fraction of sp³-hybridized carbons (Fsp3) is 0.385. The first kappa shape index (κ1) is 25.1. The molecule has 180 valence electrons. The van der Waals surface area contributed by atoms with Gasteiger partial charge in [-0.25, -0.2) is 0 Å². The number of carbonyl (C=O) groups excluding carboxylic acids is 2. The fourth-order valence-corrected chi connectivity index (χ4v) is 4.38. The van der Waals surface area contributed by atoms with Gasteiger partial charge in [0.1, 0.15) is 5.70 Å². The Hall–Kier alpha value is -3.52. The number of hydrazine groups is 1. The van der Waals surface area contributed by atoms with Crippen LogP contribution in [-0.2, 0) is 14.4 Å². The zero-order valence-corrected chi connectivity index (χ0v) is 20.3. The summed E-state index contributed by atoms with van der Waals surface area (Å²) in [4.78, 5) is 43.2. The van der Waals surface area contributed by atoms with Crippen LogP contribution in [0.4, 0.5) is 5.69 Å². The van der Waals surface area contributed by atoms with Crippen LogP contribution in [0.1, 0.15) is 47.5 Å². The van der Waals surface area contributed by atoms with E-state index in [0.29, 0.717) is 12.1 Å². The van der Waals surface area contributed by atoms with Gasteiger partial charge in [-0.2, -0.15) is 5.01 Å². The van der Waals surface area contributed by atoms with Crippen LogP contribution in [0.5, 0.6) is 0 Å². The Morgan fingerprint density at radius 2 is 1.91 bits per heavy atom. The normalized spacial score (nSPS) is 17.6. The summed E-state index contributed by atoms with van der Waals surface area (Å²) in [7, 11) is 0. The van der Waals surface area contributed by atoms with E-state index in [0.717, 1.165) is 17.2 Å². The van der Waals surface area contributed by atoms with E-state index in [9.17, 15) is 19.5 Å². The number of fused-ring (bicyclic) bond motifs is 1. The molecule has 1 aliphatic heterocycles. The molecule has 2 N–H and O–H groups in total. The molecule has 0 fully saturated rings. The van der Waals surface area contributed by atoms with Crippen LogP contribution in [0.15, 0.2) is 59.6 Å². The molecule has 2 heterocycles. The van der Waals surface area contributed by atoms with E-state index in [1.54, 1.807) is 24.3 Å². The average Bonchev–Trinajstić information content (AvgIpc) is 2.79. The smallest absolute Gasteiger partial charge is 0.327 e. The lowest BCUT2D eigenvalue weighted by molar-refractivity contribution is -0.169. The largest absolute Gasteiger partial charge is 0.480 e. The zero-order chi connectivity index (χ0) is 25.0. The van der Waals surface area contributed by atoms with Crippen molar-refractivity contribution < 1.29 is 19.5 Å². The third-order valence-corrected chi connectivity index (χ3v) is 5.96. The molecule has 8 heteroatoms. The lowest BCUT2D eigenvalue weighted by atomic mass is 9.94. The van der Waals surface area contributed by atoms with Gasteiger partial charge >= 0.3 is 5.97 Å². The molecule has 2 unspecified atom stereocenters. The molecule has 1 aromatic heterocycles. The number of rotatable bonds is 9. The van der Waals surface area contributed by atoms with Gasteiger partial charge in [0.05, 0.1) is 17.5 Å². The number of Topliss-reactive ketones (excluding diaryl/α,β-unsaturated/α-hetero) is 1. The molecule has 2 atom stereocenters. The lowest BCUT2D eigenvalue weighted by Gasteiger charge is -2.46. The summed E-state index contributed by atoms with van der Waals surface area (Å²) in [5, 5.41) is 18.0. The molecule has 0 saturated carbocycles. The van der Waals surface area contributed by atoms with Gasteiger partial charge in [-0.3, -0.25) is 24.4 Å². The molecule has 0 bridgehead atoms. The summed E-state index contributed by atoms with van der Waals surface area (Å²) < 4.78 is 0. The minimum absolute atomic E-state index is 0.0207. The van der Waals surface area contributed by atoms with Crippen molar-refractivity contribution in [2.75, 3.05) is 11.9 Å². The van der Waals surface area contributed by atoms with Crippen molar-refractivity contribution in [3.63, 3.8) is 0 Å². The number of allylic oxidation sites excluding steroid dienone is 2. The lowest BCUT2D eigenvalue weighted by Crippen LogP contribution is -2.63. The molecule has 1 aliphatic rings. The SMILES string of the molecule is CCN1C(=O)C(Nc2cncc3ccccc23)=C(C(C)=O)C(C(=O)O)N1C(C)CCC=C(C)C. The highest BCUT2D eigenvalue weighted by atomic mass is 16.4. The first-order chi connectivity index (χ1) is 16.2. The number of benzene rings is 1. The Balaban J connectivity index is 2.13. The molecule has 8 nitrogen and oxygen atoms in total. The molecule has 0 aliphatic carbocycles. The van der Waals surface area contributed by atoms with Crippen molar-refractivity contribution in [1.82, 2.24) is 15.0 Å². The highest BCUT2D eigenvalue weighted by Gasteiger charge is 2.46. The van der Waals surface area contributed by atoms with Gasteiger partial charge in [0.2, 0.25) is 0 Å². The number of aliphatic carboxylic acids is 1. The molecular weight excluding hydrogens is 432 g/mol. The number of amides is 1. The number of hydrogen-bond donors (Lipinski definition) is 2. The summed E-state index contributed by atoms with van der Waals surface area (Å²) in [5.41, 5.74) is 1.63. The van der Waals surface area contributed by atoms with Crippen molar-refractivity contribution in [1.29, 1.82) is 0 Å². The third kappa shape index (κ3) is 5.02. The molecule has 1 aromatic carbocycles. The summed E-state index contributed by atoms with van der Waals surface area (Å²) in [6, 6.07) is 5.95. The maximum atomic E-state index is 13.7. The van der Waals surface area contributed by atoms with Crippen LogP contribution >= 0.6 is 0 Å². The van der Waals surface area contributed by atoms with Gasteiger partial charge in [-0.15, -0.1) is 0 Å². The maximum absolute atomic E-state index is 13.7. The monoisotopic (exact) mass is 464 g/mol. The van der Waals surface area contributed by atoms with Crippen LogP contribution in [-0.4, -0.2) is 56.4 Å². The molecule has 3 rings (SSSR count). The standard InChI is InChI=1S/C26H32N4O4/c1-6-29-25(32)23(28-21-15-27-14-19-12-7-8-13-20(19)21)22(18(5)31)24(26(33)34)30(29)17(4)11-9-10-16(2)3/h7-8,10,12-15,17,24,28H,6,9,11H2,1-5H3,(H,33,34). The van der Waals surface area contributed by atoms with Crippen molar-refractivity contribution in [2.45, 2.75) is 59.5 Å². The Morgan fingerprint density at radius 1 is 1.21 bits per heavy atom. The van der Waals surface area contributed by atoms with Crippen LogP contribution < -0.4 is 5.32 Å². The van der Waals surface area contributed by atoms with Crippen LogP contribution in [0, 0.1) is 0 Å². The van der Waals surface area contributed by atoms with E-state index in [2.05, 4.69) is 16.4 Å². The maximum Gasteiger partial charge on any atom is 0.327 e. The van der Waals surface area contributed by atoms with E-state index >= 15 is 0 Å². The van der Waals surface area contributed by atoms with Crippen LogP contribution in [0.25, 0.3) is 10.8 Å². The predicted octanol–water partition coefficient (Wildman–Crippen LogP) is 4.16. The first-order valence-electron chi connectivity index (χ1n) is 11.5. The second kappa shape index (κ2) is 10.6. The summed E-state index contributed by atoms with van der Waals surface area (Å²) in [6.07, 6.45) is 6.74. The van der Waals surface area contributed by atoms with E-state index < -0.39 is 23.7 Å². The van der Waals surface area contributed by atoms with E-state index in [-0.39, 0.29) is 23.9 Å². The highest BCUT2D eigenvalue weighted by Crippen LogP contribution is 2.32. The predicted molar refractivity (Wildman–Crippen MR) is 132 cm³/mol. The Bertz CT molecular complexity index is 1160. The van der Waals surface area contributed by atoms with Crippen molar-refractivity contribution in [2.24, 2.45) is 0 Å². The molecular formula is C26H32N4O4. The third-order valence-electron chi connectivity index (χ3n) is 5.96. The number of anilines is 1. The number of nitrogens with zero attached hydrogens (tertiary/aromatic N) is 3. The summed E-state index contributed by atoms with van der Waals surface area (Å²) in [5.74, 6) is -2.08. The van der Waals surface area contributed by atoms with Crippen LogP contribution in [0.3, 0.4) is 0 Å². The number of pyridine rings is 1. The van der Waals surface area contributed by atoms with Gasteiger partial charge in [0.25, 0.3) is 5.91 Å². The number of likely N-dealkylation sites (N-methyl/N-ethyl adjacent to an activating group) is 1. The van der Waals surface area contributed by atoms with Crippen LogP contribution in [0.2, 0.25) is 0 Å². The molecule has 34 heavy (non-hydrogen) atoms. The number of aromatic nitrogens is 1. The quantitative estimate of drug-likeness (QED) is 0.537. The number of nitrogens with one attached hydrogen (secondary N) is 1. The minimum Gasteiger partial charge on any atom is -0.480 e. The number of carbonyl (C=O) groups is 3. The fourth-order valence-electron chi connectivity index (χ4n) is 4.38. The van der Waals surface area contributed by atoms with E-state index in [1.807, 2.05) is 45.0 Å². The second-order valence-electron chi connectivity index (χ2n) is 8.73. The van der Waals surface area contributed by atoms with E-state index in [1.165, 1.54) is 17.5 Å². The second-order valence-corrected chi connectivity index (χ2v) is 8.73. The Labute approximate surface area is 199 Å². The zero-order valence-electron chi connectivity index (χ0n) is 20.3. The minimum atomic E-state index is -1.29. The number of ketones is 1. The first-order valence-corrected chi connectivity index (χ1v) is 11.5. The average molecular weight is 465 g/mol. The van der Waals surface area contributed by atoms with Gasteiger partial charge in [0.15, 0.2) is 11.8 Å². The van der Waals surface area contributed by atoms with Crippen molar-refractivity contribution in [3.05, 3.63) is 59.6 Å². The number of hydrogen-bond acceptors (Lipinski definition) is 6. The Morgan fingerprint density at radius 3 is 2.53 bits per heavy atom. The topological polar surface area (TPSA) is 103 Å². The van der Waals surface area contributed by atoms with Gasteiger partial charge < -0.3 is 10.4 Å². The number of carboxylic acids is 1. The highest BCUT2D eigenvalue weighted by molar-refractivity contribution is 6.12. The van der Waals surface area contributed by atoms with Crippen molar-refractivity contribution in [3.8, 4) is 0 Å². The summed E-state index contributed by atoms with van der Waals surface area (Å²) in [6.45, 7) is 9.25. The summed E-state index contributed by atoms with van der Waals surface area (Å²) >= 11 is 0. The molecule has 0 radical (unpaired) electrons. The van der Waals surface area contributed by atoms with Crippen molar-refractivity contribution >= 4 is 34.1 Å². The molecule has 0 spiro atoms. The number of carboxylic acid groups (broad SMARTS) is 1. The van der Waals surface area contributed by atoms with Gasteiger partial charge in [-0.05, 0) is 47.5 Å². The molecule has 2 aromatic rings. The van der Waals surface area contributed by atoms with E-state index in [4.69, 9.17) is 0 Å².